The number of carbonyl (C=O) groups excluding carboxylic acids is 3. The number of hydrogen-bond donors (Lipinski definition) is 1. The lowest BCUT2D eigenvalue weighted by Crippen LogP contribution is -2.42. The number of aliphatic hydroxyl groups is 1. The molecular formula is C25H24N2O4. The van der Waals surface area contributed by atoms with Gasteiger partial charge in [0.05, 0.1) is 6.61 Å². The number of nitrogens with zero attached hydrogens (tertiary/aromatic N) is 2. The summed E-state index contributed by atoms with van der Waals surface area (Å²) in [6.45, 7) is 2.48. The van der Waals surface area contributed by atoms with Crippen molar-refractivity contribution in [2.75, 3.05) is 26.2 Å². The minimum Gasteiger partial charge on any atom is -0.395 e. The van der Waals surface area contributed by atoms with Gasteiger partial charge in [-0.05, 0) is 43.0 Å². The van der Waals surface area contributed by atoms with E-state index in [-0.39, 0.29) is 37.4 Å². The number of amides is 3. The molecule has 0 aliphatic carbocycles. The van der Waals surface area contributed by atoms with Gasteiger partial charge in [-0.3, -0.25) is 19.3 Å². The zero-order chi connectivity index (χ0) is 22.0. The minimum atomic E-state index is -0.312. The summed E-state index contributed by atoms with van der Waals surface area (Å²) in [5.74, 6) is -0.801. The molecule has 3 amide bonds. The van der Waals surface area contributed by atoms with E-state index in [1.807, 2.05) is 49.4 Å². The van der Waals surface area contributed by atoms with Gasteiger partial charge >= 0.3 is 0 Å². The molecular weight excluding hydrogens is 392 g/mol. The topological polar surface area (TPSA) is 77.9 Å². The summed E-state index contributed by atoms with van der Waals surface area (Å²) < 4.78 is 0. The molecule has 0 bridgehead atoms. The molecule has 1 aliphatic heterocycles. The summed E-state index contributed by atoms with van der Waals surface area (Å²) in [6, 6.07) is 18.2. The van der Waals surface area contributed by atoms with Crippen molar-refractivity contribution in [2.24, 2.45) is 0 Å². The number of carbonyl (C=O) groups is 3. The molecule has 0 unspecified atom stereocenters. The van der Waals surface area contributed by atoms with Gasteiger partial charge in [0.15, 0.2) is 0 Å². The molecule has 0 spiro atoms. The highest BCUT2D eigenvalue weighted by Gasteiger charge is 2.32. The van der Waals surface area contributed by atoms with Crippen LogP contribution in [-0.2, 0) is 0 Å². The van der Waals surface area contributed by atoms with Crippen LogP contribution in [0.5, 0.6) is 0 Å². The Balaban J connectivity index is 1.49. The fraction of sp³-hybridized carbons (Fsp3) is 0.240. The van der Waals surface area contributed by atoms with E-state index in [4.69, 9.17) is 0 Å². The number of rotatable bonds is 7. The quantitative estimate of drug-likeness (QED) is 0.600. The Bertz CT molecular complexity index is 1120. The summed E-state index contributed by atoms with van der Waals surface area (Å²) in [4.78, 5) is 41.7. The standard InChI is InChI=1S/C25H24N2O4/c1-17-6-2-9-19(16-17)23(29)26(14-15-28)12-5-13-27-24(30)20-10-3-7-18-8-4-11-21(22(18)20)25(27)31/h2-4,6-11,16,28H,5,12-15H2,1H3. The Hall–Kier alpha value is -3.51. The monoisotopic (exact) mass is 416 g/mol. The molecule has 158 valence electrons. The molecule has 4 rings (SSSR count). The maximum atomic E-state index is 13.0. The van der Waals surface area contributed by atoms with Gasteiger partial charge in [0.25, 0.3) is 17.7 Å². The second-order valence-electron chi connectivity index (χ2n) is 7.71. The smallest absolute Gasteiger partial charge is 0.261 e. The zero-order valence-electron chi connectivity index (χ0n) is 17.4. The van der Waals surface area contributed by atoms with Gasteiger partial charge in [0.2, 0.25) is 0 Å². The first-order valence-corrected chi connectivity index (χ1v) is 10.4. The second kappa shape index (κ2) is 8.70. The molecule has 1 heterocycles. The summed E-state index contributed by atoms with van der Waals surface area (Å²) in [5.41, 5.74) is 2.58. The van der Waals surface area contributed by atoms with Gasteiger partial charge in [0.1, 0.15) is 0 Å². The summed E-state index contributed by atoms with van der Waals surface area (Å²) >= 11 is 0. The highest BCUT2D eigenvalue weighted by Crippen LogP contribution is 2.30. The third-order valence-corrected chi connectivity index (χ3v) is 5.59. The highest BCUT2D eigenvalue weighted by atomic mass is 16.3. The fourth-order valence-corrected chi connectivity index (χ4v) is 4.10. The van der Waals surface area contributed by atoms with Crippen LogP contribution in [0.1, 0.15) is 43.1 Å². The van der Waals surface area contributed by atoms with Crippen molar-refractivity contribution in [3.8, 4) is 0 Å². The molecule has 0 saturated heterocycles. The normalized spacial score (nSPS) is 13.0. The van der Waals surface area contributed by atoms with Crippen LogP contribution in [0.3, 0.4) is 0 Å². The summed E-state index contributed by atoms with van der Waals surface area (Å²) in [6.07, 6.45) is 0.424. The first-order valence-electron chi connectivity index (χ1n) is 10.4. The lowest BCUT2D eigenvalue weighted by Gasteiger charge is -2.28. The first-order chi connectivity index (χ1) is 15.0. The predicted molar refractivity (Wildman–Crippen MR) is 118 cm³/mol. The van der Waals surface area contributed by atoms with Crippen LogP contribution in [0.2, 0.25) is 0 Å². The van der Waals surface area contributed by atoms with E-state index in [2.05, 4.69) is 0 Å². The van der Waals surface area contributed by atoms with Crippen LogP contribution >= 0.6 is 0 Å². The van der Waals surface area contributed by atoms with Crippen LogP contribution in [0, 0.1) is 6.92 Å². The van der Waals surface area contributed by atoms with Crippen molar-refractivity contribution in [3.05, 3.63) is 82.9 Å². The number of aryl methyl sites for hydroxylation is 1. The summed E-state index contributed by atoms with van der Waals surface area (Å²) in [5, 5.41) is 11.0. The third kappa shape index (κ3) is 3.94. The molecule has 0 fully saturated rings. The van der Waals surface area contributed by atoms with Gasteiger partial charge in [-0.1, -0.05) is 42.0 Å². The van der Waals surface area contributed by atoms with Crippen molar-refractivity contribution in [1.82, 2.24) is 9.80 Å². The molecule has 3 aromatic carbocycles. The van der Waals surface area contributed by atoms with E-state index < -0.39 is 0 Å². The van der Waals surface area contributed by atoms with Gasteiger partial charge in [-0.15, -0.1) is 0 Å². The first kappa shape index (κ1) is 20.8. The van der Waals surface area contributed by atoms with Gasteiger partial charge in [0, 0.05) is 41.7 Å². The number of aliphatic hydroxyl groups excluding tert-OH is 1. The molecule has 0 atom stereocenters. The van der Waals surface area contributed by atoms with Gasteiger partial charge < -0.3 is 10.0 Å². The number of imide groups is 1. The second-order valence-corrected chi connectivity index (χ2v) is 7.71. The van der Waals surface area contributed by atoms with Crippen LogP contribution in [-0.4, -0.2) is 58.9 Å². The van der Waals surface area contributed by atoms with Gasteiger partial charge in [-0.25, -0.2) is 0 Å². The molecule has 1 N–H and O–H groups in total. The van der Waals surface area contributed by atoms with Crippen LogP contribution < -0.4 is 0 Å². The van der Waals surface area contributed by atoms with Crippen molar-refractivity contribution < 1.29 is 19.5 Å². The Labute approximate surface area is 180 Å². The van der Waals surface area contributed by atoms with Crippen LogP contribution in [0.15, 0.2) is 60.7 Å². The molecule has 0 aromatic heterocycles. The highest BCUT2D eigenvalue weighted by molar-refractivity contribution is 6.25. The van der Waals surface area contributed by atoms with Crippen LogP contribution in [0.4, 0.5) is 0 Å². The number of benzene rings is 3. The van der Waals surface area contributed by atoms with Gasteiger partial charge in [-0.2, -0.15) is 0 Å². The molecule has 1 aliphatic rings. The zero-order valence-corrected chi connectivity index (χ0v) is 17.4. The Kier molecular flexibility index (Phi) is 5.82. The Morgan fingerprint density at radius 2 is 1.58 bits per heavy atom. The van der Waals surface area contributed by atoms with E-state index in [0.29, 0.717) is 35.0 Å². The summed E-state index contributed by atoms with van der Waals surface area (Å²) in [7, 11) is 0. The van der Waals surface area contributed by atoms with E-state index in [0.717, 1.165) is 10.9 Å². The Morgan fingerprint density at radius 3 is 2.19 bits per heavy atom. The molecule has 3 aromatic rings. The lowest BCUT2D eigenvalue weighted by molar-refractivity contribution is 0.0596. The number of hydrogen-bond acceptors (Lipinski definition) is 4. The average Bonchev–Trinajstić information content (AvgIpc) is 2.78. The van der Waals surface area contributed by atoms with E-state index in [1.54, 1.807) is 23.1 Å². The molecule has 6 heteroatoms. The maximum Gasteiger partial charge on any atom is 0.261 e. The van der Waals surface area contributed by atoms with E-state index in [9.17, 15) is 19.5 Å². The molecule has 0 saturated carbocycles. The van der Waals surface area contributed by atoms with Crippen LogP contribution in [0.25, 0.3) is 10.8 Å². The fourth-order valence-electron chi connectivity index (χ4n) is 4.10. The SMILES string of the molecule is Cc1cccc(C(=O)N(CCO)CCCN2C(=O)c3cccc4cccc(c34)C2=O)c1. The minimum absolute atomic E-state index is 0.158. The molecule has 0 radical (unpaired) electrons. The van der Waals surface area contributed by atoms with Crippen molar-refractivity contribution >= 4 is 28.5 Å². The van der Waals surface area contributed by atoms with E-state index in [1.165, 1.54) is 4.90 Å². The average molecular weight is 416 g/mol. The largest absolute Gasteiger partial charge is 0.395 e. The Morgan fingerprint density at radius 1 is 0.935 bits per heavy atom. The third-order valence-electron chi connectivity index (χ3n) is 5.59. The maximum absolute atomic E-state index is 13.0. The van der Waals surface area contributed by atoms with Crippen molar-refractivity contribution in [3.63, 3.8) is 0 Å². The van der Waals surface area contributed by atoms with Crippen molar-refractivity contribution in [1.29, 1.82) is 0 Å². The van der Waals surface area contributed by atoms with E-state index >= 15 is 0 Å². The predicted octanol–water partition coefficient (Wildman–Crippen LogP) is 3.27. The molecule has 31 heavy (non-hydrogen) atoms. The van der Waals surface area contributed by atoms with Crippen molar-refractivity contribution in [2.45, 2.75) is 13.3 Å². The lowest BCUT2D eigenvalue weighted by atomic mass is 9.94. The molecule has 6 nitrogen and oxygen atoms in total.